The van der Waals surface area contributed by atoms with Gasteiger partial charge in [-0.15, -0.1) is 12.8 Å². The van der Waals surface area contributed by atoms with Crippen LogP contribution in [-0.2, 0) is 38.0 Å². The Balaban J connectivity index is 0.000000181. The summed E-state index contributed by atoms with van der Waals surface area (Å²) in [5.74, 6) is 5.16. The summed E-state index contributed by atoms with van der Waals surface area (Å²) in [5.41, 5.74) is 14.0. The lowest BCUT2D eigenvalue weighted by atomic mass is 10.0. The van der Waals surface area contributed by atoms with Crippen molar-refractivity contribution in [2.45, 2.75) is 66.2 Å². The van der Waals surface area contributed by atoms with E-state index < -0.39 is 23.5 Å². The molecule has 0 saturated heterocycles. The summed E-state index contributed by atoms with van der Waals surface area (Å²) in [5, 5.41) is 0. The van der Waals surface area contributed by atoms with Gasteiger partial charge < -0.3 is 19.6 Å². The number of aryl methyl sites for hydroxylation is 2. The van der Waals surface area contributed by atoms with Gasteiger partial charge in [0.1, 0.15) is 0 Å². The number of rotatable bonds is 21. The predicted octanol–water partition coefficient (Wildman–Crippen LogP) is 20.7. The Morgan fingerprint density at radius 1 is 0.352 bits per heavy atom. The monoisotopic (exact) mass is 1450 g/mol. The fourth-order valence-electron chi connectivity index (χ4n) is 11.4. The van der Waals surface area contributed by atoms with Crippen LogP contribution in [0, 0.1) is 38.5 Å². The lowest BCUT2D eigenvalue weighted by Crippen LogP contribution is -2.16. The van der Waals surface area contributed by atoms with Crippen LogP contribution < -0.4 is 19.6 Å². The zero-order chi connectivity index (χ0) is 76.6. The summed E-state index contributed by atoms with van der Waals surface area (Å²) < 4.78 is 77.6. The van der Waals surface area contributed by atoms with Crippen molar-refractivity contribution in [3.8, 4) is 24.7 Å². The normalized spacial score (nSPS) is 10.6. The maximum Gasteiger partial charge on any atom is 0.417 e. The third-order valence-electron chi connectivity index (χ3n) is 17.1. The lowest BCUT2D eigenvalue weighted by Gasteiger charge is -2.23. The summed E-state index contributed by atoms with van der Waals surface area (Å²) in [6, 6.07) is 69.5. The maximum atomic E-state index is 12.9. The first kappa shape index (κ1) is 80.6. The van der Waals surface area contributed by atoms with Crippen LogP contribution in [0.5, 0.6) is 0 Å². The standard InChI is InChI=1S/C23H17F3N2O.C23H20N2O.C22H19F3N2O.C21H20N2O.CH4/c1-3-16-6-4-8-18(10-16)22(29)12-17-7-5-9-20(11-17)28(2)21-13-19(14-27-15-21)23(24,25)26;1-3-18-8-5-10-20(14-18)23(26)16-19-9-6-11-21(15-19)25(4-2)22-12-7-13-24-17-22;1-15-5-3-7-17(9-15)21(28)11-16-6-4-8-19(10-16)27(2)20-12-18(13-26-14-20)22(23,24)25;1-16-6-3-8-18(12-16)21(24)14-17-7-4-9-19(13-17)23(2)20-10-5-11-22-15-20;/h1,4-11,13-15H,12H2,2H3;1,5-15,17H,4,16H2,2H3;3-10,12-14H,11H2,1-2H3;3-13,15H,14H2,1-2H3;1H4. The second-order valence-corrected chi connectivity index (χ2v) is 25.0. The first-order valence-corrected chi connectivity index (χ1v) is 33.9. The number of hydrogen-bond acceptors (Lipinski definition) is 12. The first-order chi connectivity index (χ1) is 51.3. The molecule has 12 aromatic rings. The number of halogens is 6. The van der Waals surface area contributed by atoms with Gasteiger partial charge in [-0.2, -0.15) is 26.3 Å². The number of pyridine rings is 4. The van der Waals surface area contributed by atoms with Gasteiger partial charge in [-0.05, 0) is 164 Å². The zero-order valence-electron chi connectivity index (χ0n) is 59.7. The quantitative estimate of drug-likeness (QED) is 0.0385. The van der Waals surface area contributed by atoms with Gasteiger partial charge in [0.05, 0.1) is 58.7 Å². The first-order valence-electron chi connectivity index (χ1n) is 33.9. The summed E-state index contributed by atoms with van der Waals surface area (Å²) in [7, 11) is 5.31. The Bertz CT molecular complexity index is 5150. The number of benzene rings is 8. The topological polar surface area (TPSA) is 133 Å². The molecule has 0 aliphatic heterocycles. The maximum absolute atomic E-state index is 12.9. The van der Waals surface area contributed by atoms with Gasteiger partial charge in [-0.3, -0.25) is 39.1 Å². The van der Waals surface area contributed by atoms with Crippen LogP contribution in [0.4, 0.5) is 71.8 Å². The Labute approximate surface area is 627 Å². The molecule has 0 saturated carbocycles. The second-order valence-electron chi connectivity index (χ2n) is 25.0. The number of carbonyl (C=O) groups is 4. The summed E-state index contributed by atoms with van der Waals surface area (Å²) in [6.45, 7) is 6.83. The molecular weight excluding hydrogens is 1370 g/mol. The second kappa shape index (κ2) is 38.1. The van der Waals surface area contributed by atoms with E-state index in [1.807, 2.05) is 155 Å². The molecule has 0 N–H and O–H groups in total. The fourth-order valence-corrected chi connectivity index (χ4v) is 11.4. The van der Waals surface area contributed by atoms with Crippen molar-refractivity contribution in [2.75, 3.05) is 47.3 Å². The van der Waals surface area contributed by atoms with Crippen LogP contribution >= 0.6 is 0 Å². The molecule has 0 spiro atoms. The molecule has 4 aromatic heterocycles. The van der Waals surface area contributed by atoms with E-state index in [0.717, 1.165) is 98.3 Å². The van der Waals surface area contributed by atoms with Crippen LogP contribution in [0.25, 0.3) is 0 Å². The molecule has 0 unspecified atom stereocenters. The van der Waals surface area contributed by atoms with E-state index in [4.69, 9.17) is 12.8 Å². The number of carbonyl (C=O) groups excluding carboxylic acids is 4. The van der Waals surface area contributed by atoms with Gasteiger partial charge >= 0.3 is 12.4 Å². The van der Waals surface area contributed by atoms with Crippen molar-refractivity contribution in [3.05, 3.63) is 358 Å². The highest BCUT2D eigenvalue weighted by Gasteiger charge is 2.33. The molecular formula is C90H80F6N8O4. The number of alkyl halides is 6. The highest BCUT2D eigenvalue weighted by atomic mass is 19.4. The molecule has 4 heterocycles. The summed E-state index contributed by atoms with van der Waals surface area (Å²) in [4.78, 5) is 73.4. The molecule has 0 atom stereocenters. The largest absolute Gasteiger partial charge is 0.417 e. The Hall–Kier alpha value is -13.1. The minimum Gasteiger partial charge on any atom is -0.343 e. The number of aromatic nitrogens is 4. The zero-order valence-corrected chi connectivity index (χ0v) is 59.7. The SMILES string of the molecule is C.C#Cc1cccc(C(=O)Cc2cccc(N(C)c3cncc(C(F)(F)F)c3)c2)c1.C#Cc1cccc(C(=O)Cc2cccc(N(CC)c3cccnc3)c2)c1.Cc1cccc(C(=O)Cc2cccc(N(C)c3cccnc3)c2)c1.Cc1cccc(C(=O)Cc2cccc(N(C)c3cncc(C(F)(F)F)c3)c2)c1. The molecule has 12 nitrogen and oxygen atoms in total. The van der Waals surface area contributed by atoms with Crippen molar-refractivity contribution in [1.29, 1.82) is 0 Å². The molecule has 0 aliphatic rings. The minimum absolute atomic E-state index is 0. The highest BCUT2D eigenvalue weighted by molar-refractivity contribution is 6.00. The highest BCUT2D eigenvalue weighted by Crippen LogP contribution is 2.35. The van der Waals surface area contributed by atoms with E-state index >= 15 is 0 Å². The van der Waals surface area contributed by atoms with Gasteiger partial charge in [0.2, 0.25) is 0 Å². The summed E-state index contributed by atoms with van der Waals surface area (Å²) >= 11 is 0. The minimum atomic E-state index is -4.47. The number of anilines is 8. The van der Waals surface area contributed by atoms with Crippen LogP contribution in [0.2, 0.25) is 0 Å². The van der Waals surface area contributed by atoms with E-state index in [1.54, 1.807) is 121 Å². The Morgan fingerprint density at radius 3 is 0.991 bits per heavy atom. The van der Waals surface area contributed by atoms with Crippen LogP contribution in [0.1, 0.15) is 111 Å². The van der Waals surface area contributed by atoms with E-state index in [0.29, 0.717) is 57.8 Å². The number of Topliss-reactive ketones (excluding diaryl/α,β-unsaturated/α-hetero) is 4. The van der Waals surface area contributed by atoms with Crippen molar-refractivity contribution < 1.29 is 45.5 Å². The predicted molar refractivity (Wildman–Crippen MR) is 420 cm³/mol. The number of ketones is 4. The van der Waals surface area contributed by atoms with Gasteiger partial charge in [0.15, 0.2) is 23.1 Å². The van der Waals surface area contributed by atoms with E-state index in [2.05, 4.69) is 60.6 Å². The third kappa shape index (κ3) is 23.0. The van der Waals surface area contributed by atoms with Gasteiger partial charge in [0, 0.05) is 134 Å². The average molecular weight is 1450 g/mol. The molecule has 8 aromatic carbocycles. The van der Waals surface area contributed by atoms with Crippen molar-refractivity contribution in [3.63, 3.8) is 0 Å². The third-order valence-corrected chi connectivity index (χ3v) is 17.1. The lowest BCUT2D eigenvalue weighted by molar-refractivity contribution is -0.138. The molecule has 18 heteroatoms. The summed E-state index contributed by atoms with van der Waals surface area (Å²) in [6.07, 6.45) is 14.5. The number of nitrogens with zero attached hydrogens (tertiary/aromatic N) is 8. The van der Waals surface area contributed by atoms with Crippen molar-refractivity contribution in [1.82, 2.24) is 19.9 Å². The fraction of sp³-hybridized carbons (Fsp3) is 0.156. The molecule has 12 rings (SSSR count). The van der Waals surface area contributed by atoms with Crippen LogP contribution in [0.3, 0.4) is 0 Å². The Kier molecular flexibility index (Phi) is 28.4. The van der Waals surface area contributed by atoms with Crippen LogP contribution in [-0.4, -0.2) is 70.8 Å². The van der Waals surface area contributed by atoms with Crippen molar-refractivity contribution in [2.24, 2.45) is 0 Å². The van der Waals surface area contributed by atoms with E-state index in [-0.39, 0.29) is 43.4 Å². The van der Waals surface area contributed by atoms with E-state index in [1.165, 1.54) is 12.4 Å². The Morgan fingerprint density at radius 2 is 0.657 bits per heavy atom. The van der Waals surface area contributed by atoms with E-state index in [9.17, 15) is 45.5 Å². The van der Waals surface area contributed by atoms with Gasteiger partial charge in [-0.1, -0.05) is 140 Å². The number of terminal acetylenes is 2. The molecule has 0 aliphatic carbocycles. The average Bonchev–Trinajstić information content (AvgIpc) is 0.832. The number of hydrogen-bond donors (Lipinski definition) is 0. The van der Waals surface area contributed by atoms with Gasteiger partial charge in [0.25, 0.3) is 0 Å². The molecule has 0 fully saturated rings. The van der Waals surface area contributed by atoms with Crippen molar-refractivity contribution >= 4 is 68.6 Å². The molecule has 0 radical (unpaired) electrons. The molecule has 0 amide bonds. The smallest absolute Gasteiger partial charge is 0.343 e. The van der Waals surface area contributed by atoms with Crippen LogP contribution in [0.15, 0.2) is 280 Å². The van der Waals surface area contributed by atoms with Gasteiger partial charge in [-0.25, -0.2) is 0 Å². The molecule has 0 bridgehead atoms. The molecule has 108 heavy (non-hydrogen) atoms. The molecule has 546 valence electrons.